The predicted octanol–water partition coefficient (Wildman–Crippen LogP) is 5.77. The molecule has 1 fully saturated rings. The molecule has 0 spiro atoms. The molecule has 0 aromatic carbocycles. The molecular weight excluding hydrogens is 851 g/mol. The van der Waals surface area contributed by atoms with E-state index in [4.69, 9.17) is 18.5 Å². The van der Waals surface area contributed by atoms with Crippen molar-refractivity contribution in [2.75, 3.05) is 13.2 Å². The van der Waals surface area contributed by atoms with Gasteiger partial charge in [0.1, 0.15) is 31.0 Å². The first-order valence-corrected chi connectivity index (χ1v) is 25.5. The number of carbonyl (C=O) groups excluding carboxylic acids is 2. The Morgan fingerprint density at radius 1 is 0.766 bits per heavy atom. The first-order valence-electron chi connectivity index (χ1n) is 24.0. The molecule has 1 heterocycles. The second-order valence-corrected chi connectivity index (χ2v) is 19.0. The van der Waals surface area contributed by atoms with Gasteiger partial charge in [-0.3, -0.25) is 18.6 Å². The molecule has 13 atom stereocenters. The van der Waals surface area contributed by atoms with Gasteiger partial charge in [0.15, 0.2) is 6.10 Å². The number of carbonyl (C=O) groups is 2. The van der Waals surface area contributed by atoms with Gasteiger partial charge >= 0.3 is 19.8 Å². The van der Waals surface area contributed by atoms with Gasteiger partial charge in [0.2, 0.25) is 0 Å². The molecule has 0 radical (unpaired) electrons. The quantitative estimate of drug-likeness (QED) is 0.0228. The predicted molar refractivity (Wildman–Crippen MR) is 241 cm³/mol. The van der Waals surface area contributed by atoms with E-state index in [1.54, 1.807) is 0 Å². The van der Waals surface area contributed by atoms with E-state index in [1.165, 1.54) is 62.8 Å². The summed E-state index contributed by atoms with van der Waals surface area (Å²) in [6, 6.07) is 0. The summed E-state index contributed by atoms with van der Waals surface area (Å²) in [5, 5.41) is 89.4. The normalized spacial score (nSPS) is 32.4. The number of phosphoric ester groups is 1. The minimum atomic E-state index is -5.42. The van der Waals surface area contributed by atoms with Crippen LogP contribution in [0, 0.1) is 11.8 Å². The Kier molecular flexibility index (Phi) is 30.3. The Morgan fingerprint density at radius 3 is 1.98 bits per heavy atom. The van der Waals surface area contributed by atoms with Crippen molar-refractivity contribution < 1.29 is 78.4 Å². The van der Waals surface area contributed by atoms with Crippen molar-refractivity contribution in [1.82, 2.24) is 0 Å². The fourth-order valence-electron chi connectivity index (χ4n) is 8.02. The minimum absolute atomic E-state index is 0.0962. The Labute approximate surface area is 381 Å². The van der Waals surface area contributed by atoms with Crippen molar-refractivity contribution in [3.05, 3.63) is 36.5 Å². The lowest BCUT2D eigenvalue weighted by atomic mass is 9.83. The van der Waals surface area contributed by atoms with Crippen LogP contribution in [-0.2, 0) is 32.7 Å². The highest BCUT2D eigenvalue weighted by Gasteiger charge is 2.49. The van der Waals surface area contributed by atoms with Crippen LogP contribution in [0.4, 0.5) is 0 Å². The maximum Gasteiger partial charge on any atom is 0.472 e. The molecule has 2 bridgehead atoms. The molecule has 0 amide bonds. The number of allylic oxidation sites excluding steroid dienone is 3. The van der Waals surface area contributed by atoms with Gasteiger partial charge < -0.3 is 55.2 Å². The second kappa shape index (κ2) is 33.4. The molecule has 1 aliphatic carbocycles. The zero-order valence-electron chi connectivity index (χ0n) is 38.4. The lowest BCUT2D eigenvalue weighted by molar-refractivity contribution is -0.167. The van der Waals surface area contributed by atoms with Crippen molar-refractivity contribution in [3.63, 3.8) is 0 Å². The smallest absolute Gasteiger partial charge is 0.462 e. The molecule has 0 aromatic rings. The zero-order chi connectivity index (χ0) is 47.3. The summed E-state index contributed by atoms with van der Waals surface area (Å²) in [6.07, 6.45) is 9.36. The molecule has 17 heteroatoms. The third-order valence-corrected chi connectivity index (χ3v) is 13.0. The lowest BCUT2D eigenvalue weighted by Crippen LogP contribution is -2.55. The van der Waals surface area contributed by atoms with Crippen molar-refractivity contribution in [3.8, 4) is 0 Å². The fourth-order valence-corrected chi connectivity index (χ4v) is 9.00. The highest BCUT2D eigenvalue weighted by Crippen LogP contribution is 2.47. The summed E-state index contributed by atoms with van der Waals surface area (Å²) in [5.41, 5.74) is 0. The van der Waals surface area contributed by atoms with Crippen LogP contribution < -0.4 is 0 Å². The molecule has 2 aliphatic rings. The standard InChI is InChI=1S/C47H83O16P/c1-3-5-7-8-9-10-11-12-13-14-15-16-17-18-19-20-22-27-40(51)60-32-35-33-61-64(58,59)63-47-45(56)43(54)37(30-29-34(48)25-21-6-4-2)39(50)31-38(49)36(42(53)44(55)46(47)57)26-23-24-28-41(52)62-35/h12-13,23-24,29-30,34-39,42-50,53-57H,3-11,14-22,25-28,31-33H2,1-2H3,(H,58,59)/b13-12-,24-23-,30-29-/t34-,35-,36-,37+,38+,39-,42-,43-,44+,45-,46-,47-/m1/s1. The summed E-state index contributed by atoms with van der Waals surface area (Å²) in [5.74, 6) is -4.24. The van der Waals surface area contributed by atoms with Crippen molar-refractivity contribution >= 4 is 19.8 Å². The van der Waals surface area contributed by atoms with Crippen LogP contribution >= 0.6 is 7.82 Å². The average molecular weight is 935 g/mol. The number of unbranched alkanes of at least 4 members (excludes halogenated alkanes) is 15. The van der Waals surface area contributed by atoms with E-state index in [-0.39, 0.29) is 19.3 Å². The summed E-state index contributed by atoms with van der Waals surface area (Å²) in [4.78, 5) is 36.3. The van der Waals surface area contributed by atoms with Gasteiger partial charge in [-0.15, -0.1) is 0 Å². The number of aliphatic hydroxyl groups excluding tert-OH is 8. The van der Waals surface area contributed by atoms with E-state index in [0.29, 0.717) is 19.3 Å². The number of esters is 2. The monoisotopic (exact) mass is 935 g/mol. The molecule has 1 unspecified atom stereocenters. The zero-order valence-corrected chi connectivity index (χ0v) is 39.3. The van der Waals surface area contributed by atoms with Gasteiger partial charge in [0, 0.05) is 24.7 Å². The van der Waals surface area contributed by atoms with Crippen molar-refractivity contribution in [1.29, 1.82) is 0 Å². The van der Waals surface area contributed by atoms with Crippen LogP contribution in [0.3, 0.4) is 0 Å². The maximum atomic E-state index is 13.4. The third kappa shape index (κ3) is 23.6. The first kappa shape index (κ1) is 58.1. The summed E-state index contributed by atoms with van der Waals surface area (Å²) in [7, 11) is -5.42. The van der Waals surface area contributed by atoms with E-state index in [2.05, 4.69) is 19.1 Å². The van der Waals surface area contributed by atoms with E-state index >= 15 is 0 Å². The van der Waals surface area contributed by atoms with Gasteiger partial charge in [-0.1, -0.05) is 134 Å². The Hall–Kier alpha value is -2.05. The number of phosphoric acid groups is 1. The number of aliphatic hydroxyl groups is 8. The van der Waals surface area contributed by atoms with E-state index in [9.17, 15) is 59.9 Å². The third-order valence-electron chi connectivity index (χ3n) is 12.0. The van der Waals surface area contributed by atoms with Gasteiger partial charge in [-0.25, -0.2) is 4.57 Å². The topological polar surface area (TPSA) is 270 Å². The Balaban J connectivity index is 2.06. The second-order valence-electron chi connectivity index (χ2n) is 17.6. The number of ether oxygens (including phenoxy) is 2. The van der Waals surface area contributed by atoms with Crippen LogP contribution in [-0.4, -0.2) is 132 Å². The summed E-state index contributed by atoms with van der Waals surface area (Å²) < 4.78 is 34.4. The van der Waals surface area contributed by atoms with Crippen LogP contribution in [0.25, 0.3) is 0 Å². The molecule has 64 heavy (non-hydrogen) atoms. The largest absolute Gasteiger partial charge is 0.472 e. The molecule has 1 saturated carbocycles. The molecule has 0 aromatic heterocycles. The number of fused-ring (bicyclic) bond motifs is 4. The molecule has 2 rings (SSSR count). The maximum absolute atomic E-state index is 13.4. The first-order chi connectivity index (χ1) is 30.6. The molecule has 16 nitrogen and oxygen atoms in total. The molecule has 9 N–H and O–H groups in total. The van der Waals surface area contributed by atoms with Crippen LogP contribution in [0.2, 0.25) is 0 Å². The van der Waals surface area contributed by atoms with E-state index in [1.807, 2.05) is 6.92 Å². The number of hydrogen-bond acceptors (Lipinski definition) is 15. The van der Waals surface area contributed by atoms with Crippen LogP contribution in [0.5, 0.6) is 0 Å². The number of rotatable bonds is 25. The minimum Gasteiger partial charge on any atom is -0.462 e. The summed E-state index contributed by atoms with van der Waals surface area (Å²) >= 11 is 0. The fraction of sp³-hybridized carbons (Fsp3) is 0.830. The average Bonchev–Trinajstić information content (AvgIpc) is 3.26. The van der Waals surface area contributed by atoms with E-state index in [0.717, 1.165) is 64.2 Å². The number of cyclic esters (lactones) is 1. The van der Waals surface area contributed by atoms with Crippen molar-refractivity contribution in [2.24, 2.45) is 11.8 Å². The number of hydrogen-bond donors (Lipinski definition) is 9. The molecule has 1 aliphatic heterocycles. The van der Waals surface area contributed by atoms with Gasteiger partial charge in [0.05, 0.1) is 43.5 Å². The molecular formula is C47H83O16P. The summed E-state index contributed by atoms with van der Waals surface area (Å²) in [6.45, 7) is 2.80. The van der Waals surface area contributed by atoms with Gasteiger partial charge in [-0.2, -0.15) is 0 Å². The lowest BCUT2D eigenvalue weighted by Gasteiger charge is -2.37. The van der Waals surface area contributed by atoms with Gasteiger partial charge in [-0.05, 0) is 44.9 Å². The van der Waals surface area contributed by atoms with E-state index < -0.39 is 112 Å². The molecule has 372 valence electrons. The van der Waals surface area contributed by atoms with Crippen LogP contribution in [0.1, 0.15) is 162 Å². The highest BCUT2D eigenvalue weighted by atomic mass is 31.2. The Morgan fingerprint density at radius 2 is 1.34 bits per heavy atom. The van der Waals surface area contributed by atoms with Crippen molar-refractivity contribution in [2.45, 2.75) is 223 Å². The van der Waals surface area contributed by atoms with Crippen LogP contribution in [0.15, 0.2) is 36.5 Å². The SMILES string of the molecule is CCCCCCCC/C=C\CCCCCCCCCC(=O)OC[C@@H]1COP(=O)(O)O[C@H]2[C@H](O)[C@@H](O)[C@H](O)[C@H](C/C=C\CC(=O)O1)[C@@H](O)C[C@@H](O)[C@H](/C=C\[C@H](O)CCCCC)[C@@H](O)[C@H]2O. The molecule has 0 saturated heterocycles. The highest BCUT2D eigenvalue weighted by molar-refractivity contribution is 7.47. The Bertz CT molecular complexity index is 1390. The van der Waals surface area contributed by atoms with Gasteiger partial charge in [0.25, 0.3) is 0 Å².